The Hall–Kier alpha value is -2.04. The van der Waals surface area contributed by atoms with Crippen molar-refractivity contribution in [1.82, 2.24) is 5.32 Å². The van der Waals surface area contributed by atoms with Crippen LogP contribution in [-0.2, 0) is 4.74 Å². The number of anilines is 1. The average Bonchev–Trinajstić information content (AvgIpc) is 3.10. The summed E-state index contributed by atoms with van der Waals surface area (Å²) in [6.07, 6.45) is 0.354. The summed E-state index contributed by atoms with van der Waals surface area (Å²) in [5.41, 5.74) is 2.94. The molecule has 1 aliphatic heterocycles. The number of ether oxygens (including phenoxy) is 1. The van der Waals surface area contributed by atoms with Gasteiger partial charge in [-0.05, 0) is 61.2 Å². The number of carbonyl (C=O) groups excluding carboxylic acids is 1. The normalized spacial score (nSPS) is 18.2. The minimum Gasteiger partial charge on any atom is -0.441 e. The molecule has 0 radical (unpaired) electrons. The monoisotopic (exact) mass is 344 g/mol. The van der Waals surface area contributed by atoms with E-state index in [9.17, 15) is 4.79 Å². The van der Waals surface area contributed by atoms with Crippen LogP contribution in [0.2, 0.25) is 5.02 Å². The van der Waals surface area contributed by atoms with E-state index in [4.69, 9.17) is 16.3 Å². The van der Waals surface area contributed by atoms with E-state index in [1.807, 2.05) is 31.2 Å². The van der Waals surface area contributed by atoms with Gasteiger partial charge in [0.05, 0.1) is 0 Å². The largest absolute Gasteiger partial charge is 0.441 e. The molecule has 2 atom stereocenters. The fourth-order valence-electron chi connectivity index (χ4n) is 2.89. The van der Waals surface area contributed by atoms with Crippen LogP contribution in [0.4, 0.5) is 10.5 Å². The van der Waals surface area contributed by atoms with Gasteiger partial charge in [0, 0.05) is 17.3 Å². The summed E-state index contributed by atoms with van der Waals surface area (Å²) >= 11 is 5.87. The van der Waals surface area contributed by atoms with Crippen LogP contribution in [0.25, 0.3) is 0 Å². The molecule has 1 aliphatic rings. The van der Waals surface area contributed by atoms with Gasteiger partial charge in [-0.2, -0.15) is 0 Å². The second-order valence-corrected chi connectivity index (χ2v) is 6.47. The molecule has 1 amide bonds. The number of rotatable bonds is 4. The average molecular weight is 345 g/mol. The number of hydrogen-bond acceptors (Lipinski definition) is 3. The molecule has 0 spiro atoms. The third kappa shape index (κ3) is 4.28. The lowest BCUT2D eigenvalue weighted by molar-refractivity contribution is 0.121. The zero-order chi connectivity index (χ0) is 16.9. The number of carbonyl (C=O) groups is 1. The molecule has 1 saturated heterocycles. The first kappa shape index (κ1) is 16.8. The number of halogens is 1. The van der Waals surface area contributed by atoms with E-state index in [1.54, 1.807) is 12.1 Å². The van der Waals surface area contributed by atoms with Crippen molar-refractivity contribution in [2.24, 2.45) is 0 Å². The van der Waals surface area contributed by atoms with E-state index in [1.165, 1.54) is 5.56 Å². The van der Waals surface area contributed by atoms with Crippen molar-refractivity contribution >= 4 is 23.4 Å². The predicted octanol–water partition coefficient (Wildman–Crippen LogP) is 4.73. The molecular weight excluding hydrogens is 324 g/mol. The topological polar surface area (TPSA) is 50.4 Å². The van der Waals surface area contributed by atoms with Crippen LogP contribution in [0.5, 0.6) is 0 Å². The van der Waals surface area contributed by atoms with Crippen molar-refractivity contribution < 1.29 is 9.53 Å². The first-order chi connectivity index (χ1) is 11.6. The Balaban J connectivity index is 1.55. The molecule has 2 aromatic rings. The van der Waals surface area contributed by atoms with E-state index in [0.717, 1.165) is 30.8 Å². The van der Waals surface area contributed by atoms with Gasteiger partial charge in [-0.25, -0.2) is 4.79 Å². The molecule has 5 heteroatoms. The van der Waals surface area contributed by atoms with Crippen LogP contribution in [0.1, 0.15) is 36.5 Å². The Bertz CT molecular complexity index is 680. The number of amides is 1. The standard InChI is InChI=1S/C19H21ClN2O2/c1-13(14-2-6-17(20)7-3-14)24-19(23)22-18-8-4-15(5-9-18)16-10-11-21-12-16/h2-9,13,16,21H,10-12H2,1H3,(H,22,23)/t13-,16+/m1/s1. The quantitative estimate of drug-likeness (QED) is 0.843. The molecule has 24 heavy (non-hydrogen) atoms. The SMILES string of the molecule is C[C@@H](OC(=O)Nc1ccc([C@H]2CCNC2)cc1)c1ccc(Cl)cc1. The highest BCUT2D eigenvalue weighted by Crippen LogP contribution is 2.24. The van der Waals surface area contributed by atoms with Gasteiger partial charge in [-0.1, -0.05) is 35.9 Å². The van der Waals surface area contributed by atoms with Crippen molar-refractivity contribution in [1.29, 1.82) is 0 Å². The maximum atomic E-state index is 12.0. The summed E-state index contributed by atoms with van der Waals surface area (Å²) in [6, 6.07) is 15.2. The lowest BCUT2D eigenvalue weighted by Crippen LogP contribution is -2.16. The Morgan fingerprint density at radius 3 is 2.54 bits per heavy atom. The molecule has 0 aromatic heterocycles. The Kier molecular flexibility index (Phi) is 5.38. The second-order valence-electron chi connectivity index (χ2n) is 6.04. The zero-order valence-corrected chi connectivity index (χ0v) is 14.3. The third-order valence-corrected chi connectivity index (χ3v) is 4.56. The van der Waals surface area contributed by atoms with Crippen molar-refractivity contribution in [3.05, 3.63) is 64.7 Å². The Morgan fingerprint density at radius 2 is 1.92 bits per heavy atom. The molecule has 0 unspecified atom stereocenters. The Labute approximate surface area is 147 Å². The van der Waals surface area contributed by atoms with E-state index in [2.05, 4.69) is 22.8 Å². The van der Waals surface area contributed by atoms with Crippen LogP contribution < -0.4 is 10.6 Å². The molecule has 2 aromatic carbocycles. The van der Waals surface area contributed by atoms with Gasteiger partial charge in [-0.3, -0.25) is 5.32 Å². The van der Waals surface area contributed by atoms with E-state index in [0.29, 0.717) is 10.9 Å². The van der Waals surface area contributed by atoms with Gasteiger partial charge in [0.1, 0.15) is 6.10 Å². The number of hydrogen-bond donors (Lipinski definition) is 2. The molecule has 0 aliphatic carbocycles. The zero-order valence-electron chi connectivity index (χ0n) is 13.6. The summed E-state index contributed by atoms with van der Waals surface area (Å²) in [6.45, 7) is 3.92. The highest BCUT2D eigenvalue weighted by Gasteiger charge is 2.16. The van der Waals surface area contributed by atoms with Crippen molar-refractivity contribution in [3.8, 4) is 0 Å². The molecule has 0 bridgehead atoms. The fraction of sp³-hybridized carbons (Fsp3) is 0.316. The first-order valence-electron chi connectivity index (χ1n) is 8.15. The predicted molar refractivity (Wildman–Crippen MR) is 96.6 cm³/mol. The van der Waals surface area contributed by atoms with Gasteiger partial charge < -0.3 is 10.1 Å². The van der Waals surface area contributed by atoms with Crippen molar-refractivity contribution in [2.45, 2.75) is 25.4 Å². The van der Waals surface area contributed by atoms with Gasteiger partial charge in [-0.15, -0.1) is 0 Å². The maximum absolute atomic E-state index is 12.0. The third-order valence-electron chi connectivity index (χ3n) is 4.31. The van der Waals surface area contributed by atoms with Crippen molar-refractivity contribution in [3.63, 3.8) is 0 Å². The second kappa shape index (κ2) is 7.69. The lowest BCUT2D eigenvalue weighted by Gasteiger charge is -2.15. The lowest BCUT2D eigenvalue weighted by atomic mass is 9.98. The van der Waals surface area contributed by atoms with Crippen LogP contribution in [0, 0.1) is 0 Å². The van der Waals surface area contributed by atoms with E-state index >= 15 is 0 Å². The summed E-state index contributed by atoms with van der Waals surface area (Å²) in [7, 11) is 0. The van der Waals surface area contributed by atoms with Crippen LogP contribution in [0.3, 0.4) is 0 Å². The van der Waals surface area contributed by atoms with Crippen molar-refractivity contribution in [2.75, 3.05) is 18.4 Å². The van der Waals surface area contributed by atoms with Gasteiger partial charge in [0.2, 0.25) is 0 Å². The van der Waals surface area contributed by atoms with Crippen LogP contribution >= 0.6 is 11.6 Å². The van der Waals surface area contributed by atoms with E-state index < -0.39 is 6.09 Å². The molecule has 1 heterocycles. The minimum atomic E-state index is -0.465. The Morgan fingerprint density at radius 1 is 1.21 bits per heavy atom. The minimum absolute atomic E-state index is 0.342. The molecule has 0 saturated carbocycles. The number of benzene rings is 2. The summed E-state index contributed by atoms with van der Waals surface area (Å²) < 4.78 is 5.41. The highest BCUT2D eigenvalue weighted by molar-refractivity contribution is 6.30. The molecular formula is C19H21ClN2O2. The molecule has 2 N–H and O–H groups in total. The first-order valence-corrected chi connectivity index (χ1v) is 8.53. The molecule has 3 rings (SSSR count). The van der Waals surface area contributed by atoms with Gasteiger partial charge in [0.15, 0.2) is 0 Å². The molecule has 126 valence electrons. The smallest absolute Gasteiger partial charge is 0.412 e. The molecule has 1 fully saturated rings. The molecule has 4 nitrogen and oxygen atoms in total. The summed E-state index contributed by atoms with van der Waals surface area (Å²) in [5, 5.41) is 6.79. The maximum Gasteiger partial charge on any atom is 0.412 e. The summed E-state index contributed by atoms with van der Waals surface area (Å²) in [4.78, 5) is 12.0. The highest BCUT2D eigenvalue weighted by atomic mass is 35.5. The number of nitrogens with one attached hydrogen (secondary N) is 2. The van der Waals surface area contributed by atoms with Gasteiger partial charge >= 0.3 is 6.09 Å². The fourth-order valence-corrected chi connectivity index (χ4v) is 3.01. The van der Waals surface area contributed by atoms with Gasteiger partial charge in [0.25, 0.3) is 0 Å². The van der Waals surface area contributed by atoms with E-state index in [-0.39, 0.29) is 6.10 Å². The van der Waals surface area contributed by atoms with Crippen LogP contribution in [0.15, 0.2) is 48.5 Å². The summed E-state index contributed by atoms with van der Waals surface area (Å²) in [5.74, 6) is 0.566. The van der Waals surface area contributed by atoms with Crippen LogP contribution in [-0.4, -0.2) is 19.2 Å².